The molecular formula is C16H17BrFN. The van der Waals surface area contributed by atoms with Crippen LogP contribution in [0, 0.1) is 5.82 Å². The molecule has 1 N–H and O–H groups in total. The molecular weight excluding hydrogens is 305 g/mol. The highest BCUT2D eigenvalue weighted by molar-refractivity contribution is 9.10. The van der Waals surface area contributed by atoms with Gasteiger partial charge < -0.3 is 5.32 Å². The molecule has 100 valence electrons. The van der Waals surface area contributed by atoms with E-state index in [9.17, 15) is 4.39 Å². The van der Waals surface area contributed by atoms with E-state index in [-0.39, 0.29) is 11.9 Å². The average Bonchev–Trinajstić information content (AvgIpc) is 2.41. The third-order valence-corrected chi connectivity index (χ3v) is 3.93. The lowest BCUT2D eigenvalue weighted by atomic mass is 10.0. The first-order valence-electron chi connectivity index (χ1n) is 6.43. The summed E-state index contributed by atoms with van der Waals surface area (Å²) in [5.41, 5.74) is 2.20. The van der Waals surface area contributed by atoms with Gasteiger partial charge in [-0.2, -0.15) is 0 Å². The van der Waals surface area contributed by atoms with Crippen LogP contribution in [0.5, 0.6) is 0 Å². The van der Waals surface area contributed by atoms with Crippen LogP contribution in [-0.4, -0.2) is 0 Å². The van der Waals surface area contributed by atoms with Crippen LogP contribution in [0.4, 0.5) is 4.39 Å². The van der Waals surface area contributed by atoms with Gasteiger partial charge in [0, 0.05) is 17.1 Å². The number of rotatable bonds is 5. The second kappa shape index (κ2) is 6.83. The Morgan fingerprint density at radius 3 is 2.63 bits per heavy atom. The van der Waals surface area contributed by atoms with Crippen molar-refractivity contribution in [1.82, 2.24) is 5.32 Å². The van der Waals surface area contributed by atoms with Crippen LogP contribution in [0.25, 0.3) is 0 Å². The molecule has 2 rings (SSSR count). The minimum absolute atomic E-state index is 0.169. The lowest BCUT2D eigenvalue weighted by molar-refractivity contribution is 0.514. The van der Waals surface area contributed by atoms with Crippen molar-refractivity contribution in [3.05, 3.63) is 69.9 Å². The van der Waals surface area contributed by atoms with E-state index in [0.29, 0.717) is 0 Å². The van der Waals surface area contributed by atoms with Crippen LogP contribution in [0.2, 0.25) is 0 Å². The fraction of sp³-hybridized carbons (Fsp3) is 0.250. The minimum atomic E-state index is -0.182. The Kier molecular flexibility index (Phi) is 5.11. The van der Waals surface area contributed by atoms with Gasteiger partial charge in [-0.3, -0.25) is 0 Å². The first-order chi connectivity index (χ1) is 9.20. The molecule has 2 aromatic carbocycles. The van der Waals surface area contributed by atoms with E-state index in [1.54, 1.807) is 12.1 Å². The van der Waals surface area contributed by atoms with Crippen LogP contribution < -0.4 is 5.32 Å². The Balaban J connectivity index is 2.06. The van der Waals surface area contributed by atoms with Crippen molar-refractivity contribution >= 4 is 15.9 Å². The normalized spacial score (nSPS) is 12.4. The zero-order valence-electron chi connectivity index (χ0n) is 10.9. The number of nitrogens with one attached hydrogen (secondary N) is 1. The SMILES string of the molecule is CCC(NCc1ccccc1Br)c1cccc(F)c1. The predicted molar refractivity (Wildman–Crippen MR) is 80.4 cm³/mol. The molecule has 0 aliphatic carbocycles. The number of benzene rings is 2. The highest BCUT2D eigenvalue weighted by Gasteiger charge is 2.10. The molecule has 0 fully saturated rings. The van der Waals surface area contributed by atoms with Crippen molar-refractivity contribution < 1.29 is 4.39 Å². The van der Waals surface area contributed by atoms with Crippen molar-refractivity contribution in [2.75, 3.05) is 0 Å². The summed E-state index contributed by atoms with van der Waals surface area (Å²) in [5, 5.41) is 3.47. The standard InChI is InChI=1S/C16H17BrFN/c1-2-16(12-7-5-8-14(18)10-12)19-11-13-6-3-4-9-15(13)17/h3-10,16,19H,2,11H2,1H3. The van der Waals surface area contributed by atoms with Crippen LogP contribution in [0.1, 0.15) is 30.5 Å². The van der Waals surface area contributed by atoms with Gasteiger partial charge in [0.15, 0.2) is 0 Å². The summed E-state index contributed by atoms with van der Waals surface area (Å²) >= 11 is 3.54. The van der Waals surface area contributed by atoms with Gasteiger partial charge in [0.05, 0.1) is 0 Å². The summed E-state index contributed by atoms with van der Waals surface area (Å²) in [4.78, 5) is 0. The maximum atomic E-state index is 13.3. The maximum Gasteiger partial charge on any atom is 0.123 e. The molecule has 0 saturated carbocycles. The molecule has 0 amide bonds. The molecule has 0 heterocycles. The fourth-order valence-corrected chi connectivity index (χ4v) is 2.52. The minimum Gasteiger partial charge on any atom is -0.306 e. The summed E-state index contributed by atoms with van der Waals surface area (Å²) in [6.45, 7) is 2.86. The van der Waals surface area contributed by atoms with Gasteiger partial charge in [-0.05, 0) is 35.7 Å². The third-order valence-electron chi connectivity index (χ3n) is 3.16. The third kappa shape index (κ3) is 3.88. The van der Waals surface area contributed by atoms with E-state index in [4.69, 9.17) is 0 Å². The molecule has 0 aromatic heterocycles. The molecule has 1 nitrogen and oxygen atoms in total. The molecule has 3 heteroatoms. The monoisotopic (exact) mass is 321 g/mol. The van der Waals surface area contributed by atoms with Crippen molar-refractivity contribution in [3.8, 4) is 0 Å². The van der Waals surface area contributed by atoms with Crippen molar-refractivity contribution in [1.29, 1.82) is 0 Å². The molecule has 1 atom stereocenters. The summed E-state index contributed by atoms with van der Waals surface area (Å²) in [6.07, 6.45) is 0.925. The highest BCUT2D eigenvalue weighted by Crippen LogP contribution is 2.20. The van der Waals surface area contributed by atoms with Gasteiger partial charge in [0.25, 0.3) is 0 Å². The Morgan fingerprint density at radius 1 is 1.16 bits per heavy atom. The topological polar surface area (TPSA) is 12.0 Å². The molecule has 0 spiro atoms. The Bertz CT molecular complexity index is 542. The molecule has 0 radical (unpaired) electrons. The maximum absolute atomic E-state index is 13.3. The fourth-order valence-electron chi connectivity index (χ4n) is 2.10. The largest absolute Gasteiger partial charge is 0.306 e. The van der Waals surface area contributed by atoms with Gasteiger partial charge in [0.2, 0.25) is 0 Å². The first kappa shape index (κ1) is 14.2. The van der Waals surface area contributed by atoms with E-state index in [1.807, 2.05) is 24.3 Å². The zero-order chi connectivity index (χ0) is 13.7. The molecule has 19 heavy (non-hydrogen) atoms. The first-order valence-corrected chi connectivity index (χ1v) is 7.22. The van der Waals surface area contributed by atoms with Crippen LogP contribution >= 0.6 is 15.9 Å². The summed E-state index contributed by atoms with van der Waals surface area (Å²) in [6, 6.07) is 15.1. The van der Waals surface area contributed by atoms with Crippen molar-refractivity contribution in [2.24, 2.45) is 0 Å². The average molecular weight is 322 g/mol. The molecule has 1 unspecified atom stereocenters. The summed E-state index contributed by atoms with van der Waals surface area (Å²) in [5.74, 6) is -0.182. The molecule has 0 bridgehead atoms. The number of hydrogen-bond donors (Lipinski definition) is 1. The molecule has 0 aliphatic heterocycles. The van der Waals surface area contributed by atoms with Gasteiger partial charge in [-0.1, -0.05) is 53.2 Å². The zero-order valence-corrected chi connectivity index (χ0v) is 12.5. The second-order valence-corrected chi connectivity index (χ2v) is 5.34. The van der Waals surface area contributed by atoms with Crippen LogP contribution in [0.3, 0.4) is 0 Å². The van der Waals surface area contributed by atoms with E-state index >= 15 is 0 Å². The lowest BCUT2D eigenvalue weighted by Crippen LogP contribution is -2.20. The smallest absolute Gasteiger partial charge is 0.123 e. The Hall–Kier alpha value is -1.19. The van der Waals surface area contributed by atoms with E-state index < -0.39 is 0 Å². The van der Waals surface area contributed by atoms with E-state index in [2.05, 4.69) is 34.2 Å². The molecule has 0 aliphatic rings. The van der Waals surface area contributed by atoms with Gasteiger partial charge >= 0.3 is 0 Å². The Morgan fingerprint density at radius 2 is 1.95 bits per heavy atom. The molecule has 0 saturated heterocycles. The van der Waals surface area contributed by atoms with Gasteiger partial charge in [-0.25, -0.2) is 4.39 Å². The summed E-state index contributed by atoms with van der Waals surface area (Å²) < 4.78 is 14.3. The lowest BCUT2D eigenvalue weighted by Gasteiger charge is -2.18. The van der Waals surface area contributed by atoms with Crippen LogP contribution in [0.15, 0.2) is 53.0 Å². The van der Waals surface area contributed by atoms with Gasteiger partial charge in [-0.15, -0.1) is 0 Å². The Labute approximate surface area is 122 Å². The predicted octanol–water partition coefficient (Wildman–Crippen LogP) is 4.83. The van der Waals surface area contributed by atoms with Gasteiger partial charge in [0.1, 0.15) is 5.82 Å². The second-order valence-electron chi connectivity index (χ2n) is 4.49. The quantitative estimate of drug-likeness (QED) is 0.831. The number of hydrogen-bond acceptors (Lipinski definition) is 1. The van der Waals surface area contributed by atoms with Crippen molar-refractivity contribution in [2.45, 2.75) is 25.9 Å². The highest BCUT2D eigenvalue weighted by atomic mass is 79.9. The van der Waals surface area contributed by atoms with Crippen molar-refractivity contribution in [3.63, 3.8) is 0 Å². The number of halogens is 2. The molecule has 2 aromatic rings. The van der Waals surface area contributed by atoms with Crippen LogP contribution in [-0.2, 0) is 6.54 Å². The van der Waals surface area contributed by atoms with E-state index in [1.165, 1.54) is 11.6 Å². The van der Waals surface area contributed by atoms with E-state index in [0.717, 1.165) is 23.0 Å². The summed E-state index contributed by atoms with van der Waals surface area (Å²) in [7, 11) is 0.